The maximum absolute atomic E-state index is 13.1. The molecule has 1 aliphatic heterocycles. The average molecular weight is 480 g/mol. The maximum Gasteiger partial charge on any atom is 0.237 e. The highest BCUT2D eigenvalue weighted by molar-refractivity contribution is 5.83. The summed E-state index contributed by atoms with van der Waals surface area (Å²) in [6, 6.07) is 24.2. The fourth-order valence-electron chi connectivity index (χ4n) is 5.30. The molecule has 0 aliphatic carbocycles. The lowest BCUT2D eigenvalue weighted by Crippen LogP contribution is -2.44. The Hall–Kier alpha value is -3.83. The number of nitrogens with one attached hydrogen (secondary N) is 2. The SMILES string of the molecule is Cc1cc(O)cc(C)c1C[C@H](N)C(=O)N[C@H]1CCNc2ccc(Cc3ccc4ccccc4c3)cc21. The number of benzene rings is 4. The van der Waals surface area contributed by atoms with E-state index in [0.717, 1.165) is 47.3 Å². The van der Waals surface area contributed by atoms with E-state index in [2.05, 4.69) is 71.3 Å². The first kappa shape index (κ1) is 23.9. The van der Waals surface area contributed by atoms with Gasteiger partial charge < -0.3 is 21.5 Å². The van der Waals surface area contributed by atoms with Gasteiger partial charge in [0.25, 0.3) is 0 Å². The molecule has 5 N–H and O–H groups in total. The predicted octanol–water partition coefficient (Wildman–Crippen LogP) is 5.30. The van der Waals surface area contributed by atoms with E-state index in [1.54, 1.807) is 12.1 Å². The Morgan fingerprint density at radius 2 is 1.69 bits per heavy atom. The van der Waals surface area contributed by atoms with Crippen LogP contribution in [0.25, 0.3) is 10.8 Å². The highest BCUT2D eigenvalue weighted by Crippen LogP contribution is 2.32. The number of aromatic hydroxyl groups is 1. The summed E-state index contributed by atoms with van der Waals surface area (Å²) < 4.78 is 0. The van der Waals surface area contributed by atoms with Crippen LogP contribution in [0.5, 0.6) is 5.75 Å². The highest BCUT2D eigenvalue weighted by Gasteiger charge is 2.25. The molecule has 184 valence electrons. The molecule has 0 saturated heterocycles. The van der Waals surface area contributed by atoms with Gasteiger partial charge in [-0.2, -0.15) is 0 Å². The summed E-state index contributed by atoms with van der Waals surface area (Å²) in [5, 5.41) is 19.0. The van der Waals surface area contributed by atoms with Crippen molar-refractivity contribution in [1.82, 2.24) is 5.32 Å². The Balaban J connectivity index is 1.31. The van der Waals surface area contributed by atoms with Crippen LogP contribution in [0.4, 0.5) is 5.69 Å². The fraction of sp³-hybridized carbons (Fsp3) is 0.258. The number of aryl methyl sites for hydroxylation is 2. The van der Waals surface area contributed by atoms with Crippen molar-refractivity contribution >= 4 is 22.4 Å². The van der Waals surface area contributed by atoms with Crippen LogP contribution in [-0.2, 0) is 17.6 Å². The second-order valence-electron chi connectivity index (χ2n) is 9.93. The van der Waals surface area contributed by atoms with Crippen molar-refractivity contribution in [3.63, 3.8) is 0 Å². The summed E-state index contributed by atoms with van der Waals surface area (Å²) in [7, 11) is 0. The third kappa shape index (κ3) is 5.07. The number of hydrogen-bond acceptors (Lipinski definition) is 4. The number of hydrogen-bond donors (Lipinski definition) is 4. The molecule has 5 rings (SSSR count). The second kappa shape index (κ2) is 10.0. The van der Waals surface area contributed by atoms with E-state index >= 15 is 0 Å². The molecular formula is C31H33N3O2. The van der Waals surface area contributed by atoms with Crippen molar-refractivity contribution in [1.29, 1.82) is 0 Å². The highest BCUT2D eigenvalue weighted by atomic mass is 16.3. The number of phenolic OH excluding ortho intramolecular Hbond substituents is 1. The van der Waals surface area contributed by atoms with E-state index in [0.29, 0.717) is 6.42 Å². The fourth-order valence-corrected chi connectivity index (χ4v) is 5.30. The van der Waals surface area contributed by atoms with Crippen LogP contribution in [0.15, 0.2) is 72.8 Å². The Morgan fingerprint density at radius 3 is 2.47 bits per heavy atom. The molecule has 0 radical (unpaired) electrons. The summed E-state index contributed by atoms with van der Waals surface area (Å²) in [6.07, 6.45) is 2.07. The molecule has 0 fully saturated rings. The molecule has 0 saturated carbocycles. The lowest BCUT2D eigenvalue weighted by Gasteiger charge is -2.29. The molecule has 5 heteroatoms. The lowest BCUT2D eigenvalue weighted by molar-refractivity contribution is -0.123. The van der Waals surface area contributed by atoms with Crippen LogP contribution in [0.1, 0.15) is 45.8 Å². The first-order valence-electron chi connectivity index (χ1n) is 12.6. The molecule has 36 heavy (non-hydrogen) atoms. The van der Waals surface area contributed by atoms with Gasteiger partial charge in [-0.1, -0.05) is 54.6 Å². The summed E-state index contributed by atoms with van der Waals surface area (Å²) in [5.41, 5.74) is 13.9. The first-order valence-corrected chi connectivity index (χ1v) is 12.6. The molecule has 0 bridgehead atoms. The topological polar surface area (TPSA) is 87.4 Å². The standard InChI is InChI=1S/C31H33N3O2/c1-19-13-25(35)14-20(2)26(19)18-28(32)31(36)34-30-11-12-33-29-10-8-22(17-27(29)30)15-21-7-9-23-5-3-4-6-24(23)16-21/h3-10,13-14,16-17,28,30,33,35H,11-12,15,18,32H2,1-2H3,(H,34,36)/t28-,30-/m0/s1. The number of rotatable bonds is 6. The smallest absolute Gasteiger partial charge is 0.237 e. The molecule has 1 amide bonds. The van der Waals surface area contributed by atoms with E-state index in [-0.39, 0.29) is 17.7 Å². The number of carbonyl (C=O) groups excluding carboxylic acids is 1. The summed E-state index contributed by atoms with van der Waals surface area (Å²) >= 11 is 0. The second-order valence-corrected chi connectivity index (χ2v) is 9.93. The van der Waals surface area contributed by atoms with Gasteiger partial charge in [-0.25, -0.2) is 0 Å². The van der Waals surface area contributed by atoms with Crippen LogP contribution < -0.4 is 16.4 Å². The average Bonchev–Trinajstić information content (AvgIpc) is 2.86. The number of nitrogens with two attached hydrogens (primary N) is 1. The maximum atomic E-state index is 13.1. The minimum atomic E-state index is -0.661. The van der Waals surface area contributed by atoms with Crippen LogP contribution in [-0.4, -0.2) is 23.6 Å². The van der Waals surface area contributed by atoms with Gasteiger partial charge in [-0.15, -0.1) is 0 Å². The normalized spacial score (nSPS) is 15.7. The van der Waals surface area contributed by atoms with E-state index in [4.69, 9.17) is 5.73 Å². The van der Waals surface area contributed by atoms with Gasteiger partial charge in [0, 0.05) is 12.2 Å². The Bertz CT molecular complexity index is 1410. The van der Waals surface area contributed by atoms with E-state index < -0.39 is 6.04 Å². The number of amides is 1. The molecule has 2 atom stereocenters. The Labute approximate surface area is 212 Å². The van der Waals surface area contributed by atoms with E-state index in [1.807, 2.05) is 13.8 Å². The van der Waals surface area contributed by atoms with Crippen molar-refractivity contribution in [2.24, 2.45) is 5.73 Å². The molecule has 0 unspecified atom stereocenters. The largest absolute Gasteiger partial charge is 0.508 e. The van der Waals surface area contributed by atoms with Gasteiger partial charge in [-0.05, 0) is 95.5 Å². The Kier molecular flexibility index (Phi) is 6.66. The molecule has 0 spiro atoms. The van der Waals surface area contributed by atoms with Crippen LogP contribution in [0.3, 0.4) is 0 Å². The summed E-state index contributed by atoms with van der Waals surface area (Å²) in [6.45, 7) is 4.67. The third-order valence-corrected chi connectivity index (χ3v) is 7.22. The molecule has 1 aliphatic rings. The lowest BCUT2D eigenvalue weighted by atomic mass is 9.92. The molecule has 4 aromatic rings. The monoisotopic (exact) mass is 479 g/mol. The zero-order valence-electron chi connectivity index (χ0n) is 20.8. The van der Waals surface area contributed by atoms with Crippen LogP contribution in [0.2, 0.25) is 0 Å². The van der Waals surface area contributed by atoms with Crippen molar-refractivity contribution in [2.75, 3.05) is 11.9 Å². The molecule has 1 heterocycles. The van der Waals surface area contributed by atoms with Gasteiger partial charge in [0.05, 0.1) is 12.1 Å². The molecule has 5 nitrogen and oxygen atoms in total. The van der Waals surface area contributed by atoms with E-state index in [9.17, 15) is 9.90 Å². The zero-order chi connectivity index (χ0) is 25.2. The number of phenols is 1. The first-order chi connectivity index (χ1) is 17.4. The van der Waals surface area contributed by atoms with Crippen molar-refractivity contribution in [2.45, 2.75) is 45.2 Å². The zero-order valence-corrected chi connectivity index (χ0v) is 20.8. The van der Waals surface area contributed by atoms with Crippen molar-refractivity contribution in [3.05, 3.63) is 106 Å². The number of fused-ring (bicyclic) bond motifs is 2. The van der Waals surface area contributed by atoms with E-state index in [1.165, 1.54) is 21.9 Å². The number of anilines is 1. The molecular weight excluding hydrogens is 446 g/mol. The molecule has 0 aromatic heterocycles. The third-order valence-electron chi connectivity index (χ3n) is 7.22. The van der Waals surface area contributed by atoms with Gasteiger partial charge in [0.1, 0.15) is 5.75 Å². The quantitative estimate of drug-likeness (QED) is 0.302. The van der Waals surface area contributed by atoms with Crippen LogP contribution in [0, 0.1) is 13.8 Å². The Morgan fingerprint density at radius 1 is 1.00 bits per heavy atom. The van der Waals surface area contributed by atoms with Gasteiger partial charge in [-0.3, -0.25) is 4.79 Å². The van der Waals surface area contributed by atoms with Crippen LogP contribution >= 0.6 is 0 Å². The predicted molar refractivity (Wildman–Crippen MR) is 146 cm³/mol. The van der Waals surface area contributed by atoms with Crippen molar-refractivity contribution < 1.29 is 9.90 Å². The van der Waals surface area contributed by atoms with Gasteiger partial charge in [0.2, 0.25) is 5.91 Å². The van der Waals surface area contributed by atoms with Gasteiger partial charge >= 0.3 is 0 Å². The summed E-state index contributed by atoms with van der Waals surface area (Å²) in [4.78, 5) is 13.1. The van der Waals surface area contributed by atoms with Gasteiger partial charge in [0.15, 0.2) is 0 Å². The minimum absolute atomic E-state index is 0.0848. The minimum Gasteiger partial charge on any atom is -0.508 e. The van der Waals surface area contributed by atoms with Crippen molar-refractivity contribution in [3.8, 4) is 5.75 Å². The number of carbonyl (C=O) groups is 1. The summed E-state index contributed by atoms with van der Waals surface area (Å²) in [5.74, 6) is 0.0808. The molecule has 4 aromatic carbocycles.